The van der Waals surface area contributed by atoms with Gasteiger partial charge in [0.05, 0.1) is 24.5 Å². The standard InChI is InChI=1S/C13H14N6O/c1-7-12(14)15-6-16-13(7)18-10-3-8-5-17-19-9(8)4-11(10)20-2/h3-6H,1-2H3,(H,17,19)(H3,14,15,16,18). The Bertz CT molecular complexity index is 767. The van der Waals surface area contributed by atoms with Crippen LogP contribution in [0.4, 0.5) is 17.3 Å². The van der Waals surface area contributed by atoms with Crippen LogP contribution in [0.25, 0.3) is 10.9 Å². The molecule has 0 aliphatic rings. The normalized spacial score (nSPS) is 10.7. The van der Waals surface area contributed by atoms with Crippen molar-refractivity contribution in [2.75, 3.05) is 18.2 Å². The lowest BCUT2D eigenvalue weighted by molar-refractivity contribution is 0.417. The van der Waals surface area contributed by atoms with E-state index >= 15 is 0 Å². The van der Waals surface area contributed by atoms with E-state index in [0.717, 1.165) is 22.2 Å². The van der Waals surface area contributed by atoms with Crippen molar-refractivity contribution in [1.82, 2.24) is 20.2 Å². The Hall–Kier alpha value is -2.83. The first-order chi connectivity index (χ1) is 9.69. The second-order valence-electron chi connectivity index (χ2n) is 4.37. The van der Waals surface area contributed by atoms with Gasteiger partial charge in [0.1, 0.15) is 23.7 Å². The van der Waals surface area contributed by atoms with Gasteiger partial charge in [-0.1, -0.05) is 0 Å². The smallest absolute Gasteiger partial charge is 0.144 e. The third kappa shape index (κ3) is 1.99. The van der Waals surface area contributed by atoms with Gasteiger partial charge in [0.25, 0.3) is 0 Å². The number of benzene rings is 1. The van der Waals surface area contributed by atoms with E-state index in [2.05, 4.69) is 25.5 Å². The highest BCUT2D eigenvalue weighted by Crippen LogP contribution is 2.32. The highest BCUT2D eigenvalue weighted by molar-refractivity contribution is 5.86. The van der Waals surface area contributed by atoms with Gasteiger partial charge in [-0.2, -0.15) is 5.10 Å². The number of H-pyrrole nitrogens is 1. The molecule has 0 fully saturated rings. The zero-order valence-electron chi connectivity index (χ0n) is 11.1. The van der Waals surface area contributed by atoms with Crippen molar-refractivity contribution >= 4 is 28.2 Å². The number of ether oxygens (including phenoxy) is 1. The molecule has 7 heteroatoms. The molecule has 0 unspecified atom stereocenters. The molecule has 1 aromatic carbocycles. The molecule has 0 aliphatic carbocycles. The van der Waals surface area contributed by atoms with Gasteiger partial charge in [-0.3, -0.25) is 5.10 Å². The molecule has 4 N–H and O–H groups in total. The van der Waals surface area contributed by atoms with Crippen LogP contribution in [0.15, 0.2) is 24.7 Å². The fourth-order valence-electron chi connectivity index (χ4n) is 1.96. The van der Waals surface area contributed by atoms with Crippen LogP contribution in [0.2, 0.25) is 0 Å². The molecule has 3 aromatic rings. The summed E-state index contributed by atoms with van der Waals surface area (Å²) in [6.45, 7) is 1.86. The third-order valence-electron chi connectivity index (χ3n) is 3.14. The van der Waals surface area contributed by atoms with Gasteiger partial charge in [-0.05, 0) is 13.0 Å². The lowest BCUT2D eigenvalue weighted by atomic mass is 10.2. The number of aromatic nitrogens is 4. The summed E-state index contributed by atoms with van der Waals surface area (Å²) in [4.78, 5) is 8.14. The Morgan fingerprint density at radius 3 is 2.95 bits per heavy atom. The molecule has 20 heavy (non-hydrogen) atoms. The molecule has 0 amide bonds. The summed E-state index contributed by atoms with van der Waals surface area (Å²) < 4.78 is 5.38. The number of nitrogen functional groups attached to an aromatic ring is 1. The summed E-state index contributed by atoms with van der Waals surface area (Å²) in [6, 6.07) is 3.82. The summed E-state index contributed by atoms with van der Waals surface area (Å²) in [5.74, 6) is 1.79. The predicted octanol–water partition coefficient (Wildman–Crippen LogP) is 2.00. The molecule has 0 saturated heterocycles. The molecule has 0 radical (unpaired) electrons. The number of aromatic amines is 1. The van der Waals surface area contributed by atoms with E-state index < -0.39 is 0 Å². The second-order valence-corrected chi connectivity index (χ2v) is 4.37. The Morgan fingerprint density at radius 1 is 1.30 bits per heavy atom. The highest BCUT2D eigenvalue weighted by Gasteiger charge is 2.10. The van der Waals surface area contributed by atoms with E-state index in [1.54, 1.807) is 13.3 Å². The van der Waals surface area contributed by atoms with Gasteiger partial charge >= 0.3 is 0 Å². The van der Waals surface area contributed by atoms with Crippen molar-refractivity contribution < 1.29 is 4.74 Å². The molecule has 0 atom stereocenters. The fraction of sp³-hybridized carbons (Fsp3) is 0.154. The molecule has 0 bridgehead atoms. The second kappa shape index (κ2) is 4.69. The molecule has 2 aromatic heterocycles. The Balaban J connectivity index is 2.07. The van der Waals surface area contributed by atoms with Gasteiger partial charge in [0, 0.05) is 17.0 Å². The molecular weight excluding hydrogens is 256 g/mol. The van der Waals surface area contributed by atoms with Crippen LogP contribution in [-0.4, -0.2) is 27.3 Å². The Kier molecular flexibility index (Phi) is 2.86. The fourth-order valence-corrected chi connectivity index (χ4v) is 1.96. The average molecular weight is 270 g/mol. The van der Waals surface area contributed by atoms with Gasteiger partial charge in [-0.25, -0.2) is 9.97 Å². The first-order valence-electron chi connectivity index (χ1n) is 6.04. The number of nitrogens with zero attached hydrogens (tertiary/aromatic N) is 3. The minimum absolute atomic E-state index is 0.450. The molecular formula is C13H14N6O. The number of hydrogen-bond donors (Lipinski definition) is 3. The monoisotopic (exact) mass is 270 g/mol. The molecule has 0 spiro atoms. The van der Waals surface area contributed by atoms with Crippen molar-refractivity contribution in [3.8, 4) is 5.75 Å². The zero-order valence-corrected chi connectivity index (χ0v) is 11.1. The average Bonchev–Trinajstić information content (AvgIpc) is 2.90. The number of fused-ring (bicyclic) bond motifs is 1. The van der Waals surface area contributed by atoms with Crippen LogP contribution >= 0.6 is 0 Å². The maximum absolute atomic E-state index is 5.78. The Labute approximate surface area is 115 Å². The number of anilines is 3. The topological polar surface area (TPSA) is 102 Å². The minimum Gasteiger partial charge on any atom is -0.494 e. The van der Waals surface area contributed by atoms with Crippen LogP contribution < -0.4 is 15.8 Å². The van der Waals surface area contributed by atoms with Gasteiger partial charge < -0.3 is 15.8 Å². The molecule has 0 aliphatic heterocycles. The first-order valence-corrected chi connectivity index (χ1v) is 6.04. The predicted molar refractivity (Wildman–Crippen MR) is 77.1 cm³/mol. The van der Waals surface area contributed by atoms with Crippen molar-refractivity contribution in [1.29, 1.82) is 0 Å². The van der Waals surface area contributed by atoms with Crippen LogP contribution in [0, 0.1) is 6.92 Å². The van der Waals surface area contributed by atoms with Gasteiger partial charge in [-0.15, -0.1) is 0 Å². The molecule has 102 valence electrons. The van der Waals surface area contributed by atoms with Crippen molar-refractivity contribution in [2.45, 2.75) is 6.92 Å². The van der Waals surface area contributed by atoms with Crippen LogP contribution in [0.1, 0.15) is 5.56 Å². The van der Waals surface area contributed by atoms with E-state index in [1.807, 2.05) is 19.1 Å². The van der Waals surface area contributed by atoms with Crippen LogP contribution in [-0.2, 0) is 0 Å². The quantitative estimate of drug-likeness (QED) is 0.672. The van der Waals surface area contributed by atoms with E-state index in [4.69, 9.17) is 10.5 Å². The summed E-state index contributed by atoms with van der Waals surface area (Å²) in [7, 11) is 1.61. The van der Waals surface area contributed by atoms with Crippen molar-refractivity contribution in [2.24, 2.45) is 0 Å². The molecule has 2 heterocycles. The summed E-state index contributed by atoms with van der Waals surface area (Å²) in [5, 5.41) is 11.1. The van der Waals surface area contributed by atoms with Crippen molar-refractivity contribution in [3.63, 3.8) is 0 Å². The van der Waals surface area contributed by atoms with Gasteiger partial charge in [0.2, 0.25) is 0 Å². The van der Waals surface area contributed by atoms with E-state index in [1.165, 1.54) is 6.33 Å². The van der Waals surface area contributed by atoms with Crippen LogP contribution in [0.5, 0.6) is 5.75 Å². The maximum atomic E-state index is 5.78. The van der Waals surface area contributed by atoms with Gasteiger partial charge in [0.15, 0.2) is 0 Å². The lowest BCUT2D eigenvalue weighted by Crippen LogP contribution is -2.03. The lowest BCUT2D eigenvalue weighted by Gasteiger charge is -2.12. The van der Waals surface area contributed by atoms with E-state index in [9.17, 15) is 0 Å². The largest absolute Gasteiger partial charge is 0.494 e. The van der Waals surface area contributed by atoms with E-state index in [0.29, 0.717) is 17.4 Å². The number of nitrogens with two attached hydrogens (primary N) is 1. The van der Waals surface area contributed by atoms with Crippen molar-refractivity contribution in [3.05, 3.63) is 30.2 Å². The summed E-state index contributed by atoms with van der Waals surface area (Å²) >= 11 is 0. The molecule has 3 rings (SSSR count). The summed E-state index contributed by atoms with van der Waals surface area (Å²) in [5.41, 5.74) is 8.28. The number of hydrogen-bond acceptors (Lipinski definition) is 6. The highest BCUT2D eigenvalue weighted by atomic mass is 16.5. The molecule has 7 nitrogen and oxygen atoms in total. The zero-order chi connectivity index (χ0) is 14.1. The maximum Gasteiger partial charge on any atom is 0.144 e. The third-order valence-corrected chi connectivity index (χ3v) is 3.14. The number of rotatable bonds is 3. The van der Waals surface area contributed by atoms with Crippen LogP contribution in [0.3, 0.4) is 0 Å². The number of nitrogens with one attached hydrogen (secondary N) is 2. The Morgan fingerprint density at radius 2 is 2.15 bits per heavy atom. The number of methoxy groups -OCH3 is 1. The molecule has 0 saturated carbocycles. The van der Waals surface area contributed by atoms with E-state index in [-0.39, 0.29) is 0 Å². The summed E-state index contributed by atoms with van der Waals surface area (Å²) in [6.07, 6.45) is 3.18. The SMILES string of the molecule is COc1cc2[nH]ncc2cc1Nc1ncnc(N)c1C. The minimum atomic E-state index is 0.450. The first kappa shape index (κ1) is 12.2.